The molecule has 0 aliphatic carbocycles. The molecule has 0 bridgehead atoms. The summed E-state index contributed by atoms with van der Waals surface area (Å²) in [6.07, 6.45) is 13.3. The molecule has 0 saturated heterocycles. The van der Waals surface area contributed by atoms with E-state index in [9.17, 15) is 0 Å². The molecule has 1 N–H and O–H groups in total. The number of unbranched alkanes of at least 4 members (excludes halogenated alkanes) is 9. The van der Waals surface area contributed by atoms with E-state index in [4.69, 9.17) is 15.0 Å². The molecule has 0 aliphatic heterocycles. The van der Waals surface area contributed by atoms with Crippen LogP contribution in [0.25, 0.3) is 0 Å². The van der Waals surface area contributed by atoms with Crippen LogP contribution in [0.3, 0.4) is 0 Å². The first-order valence-electron chi connectivity index (χ1n) is 6.93. The molecule has 0 saturated carbocycles. The van der Waals surface area contributed by atoms with Crippen molar-refractivity contribution in [2.24, 2.45) is 0 Å². The fourth-order valence-electron chi connectivity index (χ4n) is 1.60. The average Bonchev–Trinajstić information content (AvgIpc) is 2.26. The van der Waals surface area contributed by atoms with Crippen LogP contribution in [0.2, 0.25) is 0 Å². The van der Waals surface area contributed by atoms with E-state index in [1.165, 1.54) is 57.8 Å². The standard InChI is InChI=1S/C12H26O.C2H4O2.Tl/c1-2-3-4-5-6-7-8-9-10-11-12-13;1-2(3)4;/h13H,2-12H2,1H3;1H3,(H,3,4);/q;;+1/p-1. The van der Waals surface area contributed by atoms with E-state index < -0.39 is 5.97 Å². The number of carboxylic acids is 1. The number of hydrogen-bond acceptors (Lipinski definition) is 3. The Morgan fingerprint density at radius 3 is 1.44 bits per heavy atom. The first-order chi connectivity index (χ1) is 8.15. The number of carboxylic acid groups (broad SMARTS) is 1. The van der Waals surface area contributed by atoms with Gasteiger partial charge in [0.1, 0.15) is 0 Å². The van der Waals surface area contributed by atoms with Crippen LogP contribution in [0, 0.1) is 0 Å². The largest absolute Gasteiger partial charge is 1.00 e. The molecule has 0 unspecified atom stereocenters. The summed E-state index contributed by atoms with van der Waals surface area (Å²) >= 11 is 0. The van der Waals surface area contributed by atoms with Gasteiger partial charge in [0.25, 0.3) is 0 Å². The summed E-state index contributed by atoms with van der Waals surface area (Å²) in [4.78, 5) is 8.89. The van der Waals surface area contributed by atoms with Crippen LogP contribution in [0.4, 0.5) is 0 Å². The number of aliphatic hydroxyl groups excluding tert-OH is 1. The van der Waals surface area contributed by atoms with Crippen molar-refractivity contribution in [3.05, 3.63) is 0 Å². The molecule has 0 aromatic rings. The molecule has 0 aromatic carbocycles. The fourth-order valence-corrected chi connectivity index (χ4v) is 1.60. The zero-order chi connectivity index (χ0) is 13.4. The van der Waals surface area contributed by atoms with Gasteiger partial charge in [0.2, 0.25) is 0 Å². The van der Waals surface area contributed by atoms with E-state index in [0.717, 1.165) is 13.3 Å². The van der Waals surface area contributed by atoms with Gasteiger partial charge < -0.3 is 15.0 Å². The van der Waals surface area contributed by atoms with Crippen LogP contribution in [-0.2, 0) is 4.79 Å². The molecule has 0 amide bonds. The van der Waals surface area contributed by atoms with Gasteiger partial charge in [-0.05, 0) is 13.3 Å². The summed E-state index contributed by atoms with van der Waals surface area (Å²) in [5.74, 6) is -1.08. The summed E-state index contributed by atoms with van der Waals surface area (Å²) < 4.78 is 0. The van der Waals surface area contributed by atoms with Crippen LogP contribution in [0.5, 0.6) is 0 Å². The third-order valence-electron chi connectivity index (χ3n) is 2.51. The third kappa shape index (κ3) is 36.0. The molecule has 0 fully saturated rings. The van der Waals surface area contributed by atoms with E-state index in [2.05, 4.69) is 6.92 Å². The van der Waals surface area contributed by atoms with Gasteiger partial charge in [-0.2, -0.15) is 0 Å². The number of hydrogen-bond donors (Lipinski definition) is 1. The molecule has 0 spiro atoms. The van der Waals surface area contributed by atoms with Crippen LogP contribution < -0.4 is 5.11 Å². The van der Waals surface area contributed by atoms with Crippen molar-refractivity contribution in [3.63, 3.8) is 0 Å². The Labute approximate surface area is 133 Å². The second-order valence-electron chi connectivity index (χ2n) is 4.40. The molecular weight excluding hydrogens is 421 g/mol. The molecule has 4 heteroatoms. The monoisotopic (exact) mass is 450 g/mol. The Hall–Kier alpha value is 0.352. The predicted octanol–water partition coefficient (Wildman–Crippen LogP) is 2.27. The molecule has 0 atom stereocenters. The van der Waals surface area contributed by atoms with Crippen molar-refractivity contribution in [1.82, 2.24) is 0 Å². The van der Waals surface area contributed by atoms with Gasteiger partial charge in [0.05, 0.1) is 0 Å². The smallest absolute Gasteiger partial charge is 0.550 e. The summed E-state index contributed by atoms with van der Waals surface area (Å²) in [5, 5.41) is 17.5. The number of aliphatic carboxylic acids is 1. The minimum atomic E-state index is -1.08. The number of carbonyl (C=O) groups is 1. The van der Waals surface area contributed by atoms with Gasteiger partial charge in [0, 0.05) is 12.6 Å². The van der Waals surface area contributed by atoms with Crippen LogP contribution in [0.1, 0.15) is 78.1 Å². The zero-order valence-electron chi connectivity index (χ0n) is 12.1. The van der Waals surface area contributed by atoms with E-state index in [-0.39, 0.29) is 27.3 Å². The summed E-state index contributed by atoms with van der Waals surface area (Å²) in [5.41, 5.74) is 0. The van der Waals surface area contributed by atoms with E-state index in [1.54, 1.807) is 0 Å². The summed E-state index contributed by atoms with van der Waals surface area (Å²) in [6.45, 7) is 3.60. The van der Waals surface area contributed by atoms with E-state index in [1.807, 2.05) is 0 Å². The Bertz CT molecular complexity index is 138. The van der Waals surface area contributed by atoms with Gasteiger partial charge >= 0.3 is 27.3 Å². The first-order valence-corrected chi connectivity index (χ1v) is 6.93. The number of carbonyl (C=O) groups excluding carboxylic acids is 1. The topological polar surface area (TPSA) is 60.4 Å². The minimum absolute atomic E-state index is 0. The fraction of sp³-hybridized carbons (Fsp3) is 0.929. The molecule has 0 radical (unpaired) electrons. The Morgan fingerprint density at radius 1 is 0.889 bits per heavy atom. The van der Waals surface area contributed by atoms with Crippen molar-refractivity contribution >= 4 is 33.3 Å². The Kier molecular flexibility index (Phi) is 29.3. The average molecular weight is 450 g/mol. The number of rotatable bonds is 10. The van der Waals surface area contributed by atoms with Crippen LogP contribution in [0.15, 0.2) is 0 Å². The molecule has 0 heterocycles. The van der Waals surface area contributed by atoms with Gasteiger partial charge in [-0.15, -0.1) is 0 Å². The van der Waals surface area contributed by atoms with Crippen molar-refractivity contribution in [2.45, 2.75) is 78.1 Å². The quantitative estimate of drug-likeness (QED) is 0.411. The molecule has 0 aliphatic rings. The molecule has 3 nitrogen and oxygen atoms in total. The zero-order valence-corrected chi connectivity index (χ0v) is 16.6. The normalized spacial score (nSPS) is 9.06. The van der Waals surface area contributed by atoms with Crippen molar-refractivity contribution in [3.8, 4) is 0 Å². The van der Waals surface area contributed by atoms with Crippen molar-refractivity contribution in [1.29, 1.82) is 0 Å². The maximum atomic E-state index is 8.89. The van der Waals surface area contributed by atoms with Gasteiger partial charge in [-0.25, -0.2) is 0 Å². The van der Waals surface area contributed by atoms with Crippen molar-refractivity contribution in [2.75, 3.05) is 6.61 Å². The first kappa shape index (κ1) is 23.4. The maximum Gasteiger partial charge on any atom is 1.00 e. The molecule has 0 rings (SSSR count). The van der Waals surface area contributed by atoms with Gasteiger partial charge in [0.15, 0.2) is 0 Å². The van der Waals surface area contributed by atoms with E-state index >= 15 is 0 Å². The summed E-state index contributed by atoms with van der Waals surface area (Å²) in [7, 11) is 0. The molecule has 0 aromatic heterocycles. The second-order valence-corrected chi connectivity index (χ2v) is 4.40. The van der Waals surface area contributed by atoms with Crippen LogP contribution >= 0.6 is 0 Å². The van der Waals surface area contributed by atoms with Crippen LogP contribution in [-0.4, -0.2) is 45.0 Å². The molecule has 106 valence electrons. The predicted molar refractivity (Wildman–Crippen MR) is 75.4 cm³/mol. The maximum absolute atomic E-state index is 8.89. The Morgan fingerprint density at radius 2 is 1.17 bits per heavy atom. The SMILES string of the molecule is CC(=O)[O-].CCCCCCCCCCCCO.[Tl+]. The second kappa shape index (κ2) is 22.5. The summed E-state index contributed by atoms with van der Waals surface area (Å²) in [6, 6.07) is 0. The van der Waals surface area contributed by atoms with E-state index in [0.29, 0.717) is 6.61 Å². The van der Waals surface area contributed by atoms with Gasteiger partial charge in [-0.3, -0.25) is 0 Å². The van der Waals surface area contributed by atoms with Crippen molar-refractivity contribution < 1.29 is 15.0 Å². The minimum Gasteiger partial charge on any atom is -0.550 e. The molecular formula is C14H29O3Tl. The van der Waals surface area contributed by atoms with Gasteiger partial charge in [-0.1, -0.05) is 64.7 Å². The number of aliphatic hydroxyl groups is 1. The molecule has 18 heavy (non-hydrogen) atoms. The third-order valence-corrected chi connectivity index (χ3v) is 2.51. The Balaban J connectivity index is -0.000000392.